The standard InChI is InChI=1S/C25H28N2O2/c1-18-17-27(14-4-16-28)15-12-24(18)29-22-9-6-20(7-10-22)23-11-8-21-5-3-13-26-25(21)19(23)2/h3,5-11,13,16,18,24H,4,12,14-15,17H2,1-2H3. The quantitative estimate of drug-likeness (QED) is 0.564. The van der Waals surface area contributed by atoms with Crippen LogP contribution in [0, 0.1) is 12.8 Å². The van der Waals surface area contributed by atoms with E-state index in [1.807, 2.05) is 12.3 Å². The normalized spacial score (nSPS) is 19.9. The second-order valence-electron chi connectivity index (χ2n) is 8.02. The molecule has 1 aromatic heterocycles. The van der Waals surface area contributed by atoms with Crippen LogP contribution < -0.4 is 4.74 Å². The molecular weight excluding hydrogens is 360 g/mol. The molecule has 0 radical (unpaired) electrons. The van der Waals surface area contributed by atoms with Crippen molar-refractivity contribution in [2.45, 2.75) is 32.8 Å². The number of fused-ring (bicyclic) bond motifs is 1. The fraction of sp³-hybridized carbons (Fsp3) is 0.360. The molecule has 1 aliphatic rings. The molecule has 2 aromatic carbocycles. The lowest BCUT2D eigenvalue weighted by Crippen LogP contribution is -2.44. The Morgan fingerprint density at radius 2 is 2.00 bits per heavy atom. The summed E-state index contributed by atoms with van der Waals surface area (Å²) in [4.78, 5) is 17.5. The van der Waals surface area contributed by atoms with Gasteiger partial charge in [0.1, 0.15) is 18.1 Å². The molecule has 0 aliphatic carbocycles. The molecule has 2 unspecified atom stereocenters. The van der Waals surface area contributed by atoms with Gasteiger partial charge >= 0.3 is 0 Å². The van der Waals surface area contributed by atoms with Crippen molar-refractivity contribution in [3.63, 3.8) is 0 Å². The average molecular weight is 389 g/mol. The van der Waals surface area contributed by atoms with Gasteiger partial charge in [-0.1, -0.05) is 37.3 Å². The Balaban J connectivity index is 1.45. The first-order chi connectivity index (χ1) is 14.2. The molecule has 1 aliphatic heterocycles. The monoisotopic (exact) mass is 388 g/mol. The van der Waals surface area contributed by atoms with Gasteiger partial charge in [-0.2, -0.15) is 0 Å². The van der Waals surface area contributed by atoms with Crippen LogP contribution in [0.3, 0.4) is 0 Å². The predicted molar refractivity (Wildman–Crippen MR) is 117 cm³/mol. The summed E-state index contributed by atoms with van der Waals surface area (Å²) < 4.78 is 6.30. The first kappa shape index (κ1) is 19.6. The molecule has 4 nitrogen and oxygen atoms in total. The fourth-order valence-electron chi connectivity index (χ4n) is 4.32. The number of benzene rings is 2. The third kappa shape index (κ3) is 4.33. The maximum atomic E-state index is 10.6. The van der Waals surface area contributed by atoms with Crippen LogP contribution in [0.15, 0.2) is 54.7 Å². The lowest BCUT2D eigenvalue weighted by molar-refractivity contribution is -0.108. The van der Waals surface area contributed by atoms with Gasteiger partial charge in [-0.3, -0.25) is 4.98 Å². The second kappa shape index (κ2) is 8.75. The third-order valence-electron chi connectivity index (χ3n) is 5.95. The highest BCUT2D eigenvalue weighted by atomic mass is 16.5. The number of aryl methyl sites for hydroxylation is 1. The number of nitrogens with zero attached hydrogens (tertiary/aromatic N) is 2. The van der Waals surface area contributed by atoms with E-state index in [1.165, 1.54) is 22.1 Å². The van der Waals surface area contributed by atoms with Gasteiger partial charge in [-0.25, -0.2) is 0 Å². The fourth-order valence-corrected chi connectivity index (χ4v) is 4.32. The molecule has 0 bridgehead atoms. The van der Waals surface area contributed by atoms with Crippen molar-refractivity contribution in [1.29, 1.82) is 0 Å². The molecule has 3 aromatic rings. The lowest BCUT2D eigenvalue weighted by atomic mass is 9.96. The van der Waals surface area contributed by atoms with Gasteiger partial charge in [-0.05, 0) is 48.2 Å². The molecule has 4 rings (SSSR count). The van der Waals surface area contributed by atoms with Crippen LogP contribution in [0.2, 0.25) is 0 Å². The van der Waals surface area contributed by atoms with Crippen molar-refractivity contribution < 1.29 is 9.53 Å². The van der Waals surface area contributed by atoms with E-state index in [-0.39, 0.29) is 6.10 Å². The van der Waals surface area contributed by atoms with Crippen LogP contribution in [-0.2, 0) is 4.79 Å². The number of ether oxygens (including phenoxy) is 1. The summed E-state index contributed by atoms with van der Waals surface area (Å²) in [6.07, 6.45) is 4.68. The molecule has 150 valence electrons. The number of hydrogen-bond acceptors (Lipinski definition) is 4. The van der Waals surface area contributed by atoms with Crippen molar-refractivity contribution in [1.82, 2.24) is 9.88 Å². The highest BCUT2D eigenvalue weighted by molar-refractivity contribution is 5.88. The van der Waals surface area contributed by atoms with E-state index < -0.39 is 0 Å². The van der Waals surface area contributed by atoms with Gasteiger partial charge in [0.15, 0.2) is 0 Å². The van der Waals surface area contributed by atoms with Crippen LogP contribution in [0.5, 0.6) is 5.75 Å². The van der Waals surface area contributed by atoms with Gasteiger partial charge in [0.25, 0.3) is 0 Å². The minimum absolute atomic E-state index is 0.222. The first-order valence-corrected chi connectivity index (χ1v) is 10.4. The number of pyridine rings is 1. The number of aromatic nitrogens is 1. The molecule has 0 N–H and O–H groups in total. The minimum atomic E-state index is 0.222. The summed E-state index contributed by atoms with van der Waals surface area (Å²) >= 11 is 0. The van der Waals surface area contributed by atoms with Crippen molar-refractivity contribution in [3.8, 4) is 16.9 Å². The van der Waals surface area contributed by atoms with Gasteiger partial charge in [0.2, 0.25) is 0 Å². The van der Waals surface area contributed by atoms with E-state index in [0.29, 0.717) is 12.3 Å². The van der Waals surface area contributed by atoms with Crippen LogP contribution in [0.4, 0.5) is 0 Å². The summed E-state index contributed by atoms with van der Waals surface area (Å²) in [7, 11) is 0. The summed E-state index contributed by atoms with van der Waals surface area (Å²) in [5.41, 5.74) is 4.65. The first-order valence-electron chi connectivity index (χ1n) is 10.4. The molecule has 29 heavy (non-hydrogen) atoms. The Kier molecular flexibility index (Phi) is 5.91. The number of piperidine rings is 1. The van der Waals surface area contributed by atoms with Crippen molar-refractivity contribution in [2.75, 3.05) is 19.6 Å². The highest BCUT2D eigenvalue weighted by Crippen LogP contribution is 2.30. The van der Waals surface area contributed by atoms with E-state index in [9.17, 15) is 4.79 Å². The van der Waals surface area contributed by atoms with Crippen molar-refractivity contribution >= 4 is 17.2 Å². The van der Waals surface area contributed by atoms with E-state index in [2.05, 4.69) is 66.2 Å². The largest absolute Gasteiger partial charge is 0.490 e. The van der Waals surface area contributed by atoms with E-state index >= 15 is 0 Å². The number of aldehydes is 1. The topological polar surface area (TPSA) is 42.4 Å². The van der Waals surface area contributed by atoms with E-state index in [0.717, 1.165) is 43.6 Å². The molecule has 0 amide bonds. The van der Waals surface area contributed by atoms with Crippen LogP contribution in [0.1, 0.15) is 25.3 Å². The minimum Gasteiger partial charge on any atom is -0.490 e. The Labute approximate surface area is 172 Å². The molecule has 1 fully saturated rings. The summed E-state index contributed by atoms with van der Waals surface area (Å²) in [6.45, 7) is 7.20. The number of carbonyl (C=O) groups excluding carboxylic acids is 1. The Morgan fingerprint density at radius 3 is 2.76 bits per heavy atom. The summed E-state index contributed by atoms with van der Waals surface area (Å²) in [5, 5.41) is 1.17. The smallest absolute Gasteiger partial charge is 0.121 e. The van der Waals surface area contributed by atoms with Gasteiger partial charge in [0.05, 0.1) is 5.52 Å². The van der Waals surface area contributed by atoms with Crippen LogP contribution in [0.25, 0.3) is 22.0 Å². The zero-order chi connectivity index (χ0) is 20.2. The Morgan fingerprint density at radius 1 is 1.17 bits per heavy atom. The zero-order valence-corrected chi connectivity index (χ0v) is 17.2. The van der Waals surface area contributed by atoms with Gasteiger partial charge in [0, 0.05) is 43.6 Å². The molecule has 1 saturated heterocycles. The Bertz CT molecular complexity index is 984. The molecule has 2 heterocycles. The van der Waals surface area contributed by atoms with Crippen molar-refractivity contribution in [2.24, 2.45) is 5.92 Å². The molecule has 0 spiro atoms. The highest BCUT2D eigenvalue weighted by Gasteiger charge is 2.27. The van der Waals surface area contributed by atoms with Crippen LogP contribution >= 0.6 is 0 Å². The molecule has 4 heteroatoms. The Hall–Kier alpha value is -2.72. The number of rotatable bonds is 6. The predicted octanol–water partition coefficient (Wildman–Crippen LogP) is 4.89. The molecule has 0 saturated carbocycles. The third-order valence-corrected chi connectivity index (χ3v) is 5.95. The van der Waals surface area contributed by atoms with Crippen LogP contribution in [-0.4, -0.2) is 41.9 Å². The lowest BCUT2D eigenvalue weighted by Gasteiger charge is -2.36. The van der Waals surface area contributed by atoms with E-state index in [1.54, 1.807) is 0 Å². The van der Waals surface area contributed by atoms with E-state index in [4.69, 9.17) is 4.74 Å². The average Bonchev–Trinajstić information content (AvgIpc) is 2.75. The molecule has 2 atom stereocenters. The maximum Gasteiger partial charge on any atom is 0.121 e. The zero-order valence-electron chi connectivity index (χ0n) is 17.2. The number of likely N-dealkylation sites (tertiary alicyclic amines) is 1. The number of hydrogen-bond donors (Lipinski definition) is 0. The van der Waals surface area contributed by atoms with Gasteiger partial charge in [-0.15, -0.1) is 0 Å². The SMILES string of the molecule is Cc1c(-c2ccc(OC3CCN(CCC=O)CC3C)cc2)ccc2cccnc12. The second-order valence-corrected chi connectivity index (χ2v) is 8.02. The van der Waals surface area contributed by atoms with Gasteiger partial charge < -0.3 is 14.4 Å². The van der Waals surface area contributed by atoms with Crippen molar-refractivity contribution in [3.05, 3.63) is 60.3 Å². The summed E-state index contributed by atoms with van der Waals surface area (Å²) in [6, 6.07) is 16.8. The summed E-state index contributed by atoms with van der Waals surface area (Å²) in [5.74, 6) is 1.37. The number of carbonyl (C=O) groups is 1. The maximum absolute atomic E-state index is 10.6. The molecular formula is C25H28N2O2.